The van der Waals surface area contributed by atoms with Crippen LogP contribution in [0.3, 0.4) is 0 Å². The molecule has 3 nitrogen and oxygen atoms in total. The second kappa shape index (κ2) is 5.70. The molecule has 1 heterocycles. The number of hydrogen-bond acceptors (Lipinski definition) is 2. The highest BCUT2D eigenvalue weighted by molar-refractivity contribution is 7.92. The van der Waals surface area contributed by atoms with Gasteiger partial charge in [-0.3, -0.25) is 4.31 Å². The van der Waals surface area contributed by atoms with E-state index in [1.807, 2.05) is 36.4 Å². The standard InChI is InChI=1S/C16H16ClNO2S/c17-11-9-13-5-7-15(8-6-13)21(19,20)18-12-10-14-3-1-2-4-16(14)18/h1-8H,9-12H2. The van der Waals surface area contributed by atoms with Crippen LogP contribution < -0.4 is 4.31 Å². The van der Waals surface area contributed by atoms with Gasteiger partial charge in [-0.15, -0.1) is 11.6 Å². The third kappa shape index (κ3) is 2.65. The molecule has 5 heteroatoms. The van der Waals surface area contributed by atoms with Crippen LogP contribution in [-0.2, 0) is 22.9 Å². The Hall–Kier alpha value is -1.52. The molecule has 3 rings (SSSR count). The molecular weight excluding hydrogens is 306 g/mol. The van der Waals surface area contributed by atoms with Crippen molar-refractivity contribution in [1.82, 2.24) is 0 Å². The van der Waals surface area contributed by atoms with Gasteiger partial charge in [-0.25, -0.2) is 8.42 Å². The van der Waals surface area contributed by atoms with Gasteiger partial charge in [0.05, 0.1) is 10.6 Å². The van der Waals surface area contributed by atoms with E-state index in [0.29, 0.717) is 17.3 Å². The first kappa shape index (κ1) is 14.4. The molecule has 0 radical (unpaired) electrons. The van der Waals surface area contributed by atoms with Crippen molar-refractivity contribution in [2.24, 2.45) is 0 Å². The summed E-state index contributed by atoms with van der Waals surface area (Å²) in [6, 6.07) is 14.6. The molecule has 0 bridgehead atoms. The fourth-order valence-electron chi connectivity index (χ4n) is 2.62. The zero-order chi connectivity index (χ0) is 14.9. The number of para-hydroxylation sites is 1. The topological polar surface area (TPSA) is 37.4 Å². The molecule has 0 N–H and O–H groups in total. The molecule has 0 atom stereocenters. The molecule has 21 heavy (non-hydrogen) atoms. The van der Waals surface area contributed by atoms with Gasteiger partial charge in [0.15, 0.2) is 0 Å². The van der Waals surface area contributed by atoms with Crippen LogP contribution in [0.25, 0.3) is 0 Å². The van der Waals surface area contributed by atoms with Gasteiger partial charge in [0.2, 0.25) is 0 Å². The van der Waals surface area contributed by atoms with E-state index in [1.54, 1.807) is 12.1 Å². The van der Waals surface area contributed by atoms with Crippen molar-refractivity contribution < 1.29 is 8.42 Å². The largest absolute Gasteiger partial charge is 0.266 e. The van der Waals surface area contributed by atoms with Gasteiger partial charge in [-0.05, 0) is 42.2 Å². The summed E-state index contributed by atoms with van der Waals surface area (Å²) in [7, 11) is -3.48. The number of sulfonamides is 1. The van der Waals surface area contributed by atoms with Crippen LogP contribution in [0.15, 0.2) is 53.4 Å². The summed E-state index contributed by atoms with van der Waals surface area (Å²) in [6.07, 6.45) is 1.51. The van der Waals surface area contributed by atoms with Gasteiger partial charge in [0.25, 0.3) is 10.0 Å². The van der Waals surface area contributed by atoms with E-state index in [1.165, 1.54) is 4.31 Å². The van der Waals surface area contributed by atoms with E-state index in [4.69, 9.17) is 11.6 Å². The Kier molecular flexibility index (Phi) is 3.91. The molecule has 0 spiro atoms. The summed E-state index contributed by atoms with van der Waals surface area (Å²) in [5.74, 6) is 0.533. The van der Waals surface area contributed by atoms with E-state index >= 15 is 0 Å². The molecule has 1 aliphatic heterocycles. The van der Waals surface area contributed by atoms with E-state index < -0.39 is 10.0 Å². The first-order valence-corrected chi connectivity index (χ1v) is 8.86. The van der Waals surface area contributed by atoms with Crippen LogP contribution in [0, 0.1) is 0 Å². The summed E-state index contributed by atoms with van der Waals surface area (Å²) in [5, 5.41) is 0. The fraction of sp³-hybridized carbons (Fsp3) is 0.250. The minimum Gasteiger partial charge on any atom is -0.266 e. The number of halogens is 1. The maximum absolute atomic E-state index is 12.8. The van der Waals surface area contributed by atoms with Gasteiger partial charge >= 0.3 is 0 Å². The van der Waals surface area contributed by atoms with Gasteiger partial charge < -0.3 is 0 Å². The van der Waals surface area contributed by atoms with E-state index in [2.05, 4.69) is 0 Å². The number of fused-ring (bicyclic) bond motifs is 1. The summed E-state index contributed by atoms with van der Waals surface area (Å²) in [5.41, 5.74) is 2.92. The highest BCUT2D eigenvalue weighted by atomic mass is 35.5. The van der Waals surface area contributed by atoms with Gasteiger partial charge in [0, 0.05) is 12.4 Å². The van der Waals surface area contributed by atoms with Crippen LogP contribution in [0.1, 0.15) is 11.1 Å². The third-order valence-electron chi connectivity index (χ3n) is 3.74. The van der Waals surface area contributed by atoms with Crippen molar-refractivity contribution in [1.29, 1.82) is 0 Å². The minimum absolute atomic E-state index is 0.331. The molecule has 0 aromatic heterocycles. The third-order valence-corrected chi connectivity index (χ3v) is 5.76. The Morgan fingerprint density at radius 3 is 2.48 bits per heavy atom. The van der Waals surface area contributed by atoms with Gasteiger partial charge in [-0.1, -0.05) is 30.3 Å². The van der Waals surface area contributed by atoms with Crippen LogP contribution in [-0.4, -0.2) is 20.8 Å². The van der Waals surface area contributed by atoms with Crippen molar-refractivity contribution >= 4 is 27.3 Å². The molecule has 0 saturated carbocycles. The number of alkyl halides is 1. The second-order valence-corrected chi connectivity index (χ2v) is 7.28. The van der Waals surface area contributed by atoms with Crippen molar-refractivity contribution in [3.05, 3.63) is 59.7 Å². The number of rotatable bonds is 4. The average Bonchev–Trinajstić information content (AvgIpc) is 2.93. The average molecular weight is 322 g/mol. The number of aryl methyl sites for hydroxylation is 1. The second-order valence-electron chi connectivity index (χ2n) is 5.04. The number of anilines is 1. The lowest BCUT2D eigenvalue weighted by atomic mass is 10.2. The minimum atomic E-state index is -3.48. The number of nitrogens with zero attached hydrogens (tertiary/aromatic N) is 1. The monoisotopic (exact) mass is 321 g/mol. The molecule has 110 valence electrons. The molecule has 0 aliphatic carbocycles. The molecular formula is C16H16ClNO2S. The summed E-state index contributed by atoms with van der Waals surface area (Å²) in [4.78, 5) is 0.331. The fourth-order valence-corrected chi connectivity index (χ4v) is 4.34. The van der Waals surface area contributed by atoms with Crippen LogP contribution in [0.2, 0.25) is 0 Å². The van der Waals surface area contributed by atoms with Crippen molar-refractivity contribution in [3.8, 4) is 0 Å². The van der Waals surface area contributed by atoms with Crippen LogP contribution in [0.4, 0.5) is 5.69 Å². The number of benzene rings is 2. The molecule has 0 unspecified atom stereocenters. The molecule has 2 aromatic carbocycles. The van der Waals surface area contributed by atoms with Crippen molar-refractivity contribution in [3.63, 3.8) is 0 Å². The quantitative estimate of drug-likeness (QED) is 0.811. The number of hydrogen-bond donors (Lipinski definition) is 0. The van der Waals surface area contributed by atoms with Gasteiger partial charge in [-0.2, -0.15) is 0 Å². The molecule has 2 aromatic rings. The van der Waals surface area contributed by atoms with E-state index in [-0.39, 0.29) is 0 Å². The SMILES string of the molecule is O=S(=O)(c1ccc(CCCl)cc1)N1CCc2ccccc21. The summed E-state index contributed by atoms with van der Waals surface area (Å²) < 4.78 is 27.0. The highest BCUT2D eigenvalue weighted by Crippen LogP contribution is 2.32. The van der Waals surface area contributed by atoms with Crippen molar-refractivity contribution in [2.75, 3.05) is 16.7 Å². The maximum atomic E-state index is 12.8. The lowest BCUT2D eigenvalue weighted by molar-refractivity contribution is 0.592. The first-order valence-electron chi connectivity index (χ1n) is 6.88. The van der Waals surface area contributed by atoms with E-state index in [0.717, 1.165) is 29.7 Å². The lowest BCUT2D eigenvalue weighted by Crippen LogP contribution is -2.29. The predicted octanol–water partition coefficient (Wildman–Crippen LogP) is 3.22. The Bertz CT molecular complexity index is 741. The zero-order valence-corrected chi connectivity index (χ0v) is 13.1. The molecule has 0 saturated heterocycles. The molecule has 0 fully saturated rings. The summed E-state index contributed by atoms with van der Waals surface area (Å²) in [6.45, 7) is 0.505. The Labute approximate surface area is 130 Å². The predicted molar refractivity (Wildman–Crippen MR) is 85.5 cm³/mol. The van der Waals surface area contributed by atoms with Crippen LogP contribution in [0.5, 0.6) is 0 Å². The summed E-state index contributed by atoms with van der Waals surface area (Å²) >= 11 is 5.70. The molecule has 0 amide bonds. The highest BCUT2D eigenvalue weighted by Gasteiger charge is 2.30. The van der Waals surface area contributed by atoms with Gasteiger partial charge in [0.1, 0.15) is 0 Å². The maximum Gasteiger partial charge on any atom is 0.264 e. The first-order chi connectivity index (χ1) is 10.1. The Balaban J connectivity index is 1.94. The zero-order valence-electron chi connectivity index (χ0n) is 11.5. The smallest absolute Gasteiger partial charge is 0.264 e. The molecule has 1 aliphatic rings. The lowest BCUT2D eigenvalue weighted by Gasteiger charge is -2.19. The van der Waals surface area contributed by atoms with Crippen molar-refractivity contribution in [2.45, 2.75) is 17.7 Å². The Morgan fingerprint density at radius 2 is 1.76 bits per heavy atom. The Morgan fingerprint density at radius 1 is 1.05 bits per heavy atom. The normalized spacial score (nSPS) is 14.2. The van der Waals surface area contributed by atoms with Crippen LogP contribution >= 0.6 is 11.6 Å². The van der Waals surface area contributed by atoms with E-state index in [9.17, 15) is 8.42 Å².